The highest BCUT2D eigenvalue weighted by molar-refractivity contribution is 6.72. The highest BCUT2D eigenvalue weighted by Crippen LogP contribution is 2.61. The van der Waals surface area contributed by atoms with E-state index in [1.165, 1.54) is 0 Å². The number of benzene rings is 4. The van der Waals surface area contributed by atoms with Gasteiger partial charge >= 0.3 is 0 Å². The third kappa shape index (κ3) is 6.52. The Morgan fingerprint density at radius 3 is 2.32 bits per heavy atom. The summed E-state index contributed by atoms with van der Waals surface area (Å²) in [4.78, 5) is 51.2. The number of rotatable bonds is 9. The number of hydrogen-bond donors (Lipinski definition) is 2. The molecular formula is C47H54FN5O6Si. The number of hydrogen-bond acceptors (Lipinski definition) is 8. The Morgan fingerprint density at radius 1 is 0.933 bits per heavy atom. The minimum atomic E-state index is -3.56. The summed E-state index contributed by atoms with van der Waals surface area (Å²) < 4.78 is 29.3. The lowest BCUT2D eigenvalue weighted by molar-refractivity contribution is -0.151. The summed E-state index contributed by atoms with van der Waals surface area (Å²) in [6.45, 7) is 7.48. The Kier molecular flexibility index (Phi) is 10.4. The number of fused-ring (bicyclic) bond motifs is 3. The fourth-order valence-corrected chi connectivity index (χ4v) is 13.5. The molecule has 9 rings (SSSR count). The number of amides is 3. The van der Waals surface area contributed by atoms with E-state index in [1.807, 2.05) is 96.8 Å². The predicted octanol–water partition coefficient (Wildman–Crippen LogP) is 6.29. The average molecular weight is 832 g/mol. The lowest BCUT2D eigenvalue weighted by Crippen LogP contribution is -2.55. The molecule has 5 atom stereocenters. The number of nitrogens with zero attached hydrogens (tertiary/aromatic N) is 4. The van der Waals surface area contributed by atoms with Gasteiger partial charge in [0.25, 0.3) is 11.8 Å². The van der Waals surface area contributed by atoms with Gasteiger partial charge in [0.2, 0.25) is 14.3 Å². The van der Waals surface area contributed by atoms with Crippen molar-refractivity contribution in [3.8, 4) is 5.75 Å². The zero-order chi connectivity index (χ0) is 42.0. The van der Waals surface area contributed by atoms with Crippen molar-refractivity contribution in [1.29, 1.82) is 0 Å². The molecule has 3 amide bonds. The van der Waals surface area contributed by atoms with Crippen LogP contribution in [0.1, 0.15) is 48.4 Å². The van der Waals surface area contributed by atoms with Gasteiger partial charge < -0.3 is 38.7 Å². The Labute approximate surface area is 352 Å². The van der Waals surface area contributed by atoms with Gasteiger partial charge in [-0.2, -0.15) is 0 Å². The normalized spacial score (nSPS) is 26.0. The van der Waals surface area contributed by atoms with Crippen LogP contribution in [0, 0.1) is 5.92 Å². The number of anilines is 3. The number of aliphatic hydroxyl groups is 1. The van der Waals surface area contributed by atoms with E-state index in [1.54, 1.807) is 30.0 Å². The summed E-state index contributed by atoms with van der Waals surface area (Å²) in [6.07, 6.45) is 0.977. The molecule has 0 aromatic heterocycles. The summed E-state index contributed by atoms with van der Waals surface area (Å²) in [6, 6.07) is 30.9. The SMILES string of the molecule is COc1ccc2c(c1)[C@@]1(O[C@H](CC(=O)N3Cc4ccccc4C[C@H]3CO)[C@@H]([Si](C)(C)F)[C@@H]1C)C(=O)N2Cc1ccc(N2CN(c3ccccc3)C3(CCNCC3)C2=O)cc1. The number of ether oxygens (including phenoxy) is 2. The number of para-hydroxylation sites is 1. The maximum absolute atomic E-state index is 16.7. The number of aliphatic hydroxyl groups excluding tert-OH is 1. The second-order valence-electron chi connectivity index (χ2n) is 17.7. The van der Waals surface area contributed by atoms with Gasteiger partial charge in [-0.15, -0.1) is 0 Å². The van der Waals surface area contributed by atoms with Crippen molar-refractivity contribution >= 4 is 43.2 Å². The second kappa shape index (κ2) is 15.4. The fourth-order valence-electron chi connectivity index (χ4n) is 11.0. The highest BCUT2D eigenvalue weighted by Gasteiger charge is 2.67. The van der Waals surface area contributed by atoms with Crippen LogP contribution in [0.2, 0.25) is 18.6 Å². The van der Waals surface area contributed by atoms with Gasteiger partial charge in [-0.1, -0.05) is 61.5 Å². The molecule has 314 valence electrons. The van der Waals surface area contributed by atoms with Gasteiger partial charge in [0.05, 0.1) is 51.2 Å². The van der Waals surface area contributed by atoms with Gasteiger partial charge in [-0.25, -0.2) is 0 Å². The molecule has 4 aromatic rings. The lowest BCUT2D eigenvalue weighted by Gasteiger charge is -2.39. The molecule has 2 spiro atoms. The first kappa shape index (κ1) is 40.3. The molecule has 3 fully saturated rings. The molecule has 5 aliphatic rings. The largest absolute Gasteiger partial charge is 0.497 e. The molecule has 0 bridgehead atoms. The Hall–Kier alpha value is -5.08. The Morgan fingerprint density at radius 2 is 1.63 bits per heavy atom. The van der Waals surface area contributed by atoms with Crippen LogP contribution in [0.5, 0.6) is 5.75 Å². The van der Waals surface area contributed by atoms with Crippen molar-refractivity contribution < 1.29 is 33.1 Å². The third-order valence-electron chi connectivity index (χ3n) is 14.0. The molecule has 0 saturated carbocycles. The molecule has 4 aromatic carbocycles. The van der Waals surface area contributed by atoms with Crippen molar-refractivity contribution in [3.05, 3.63) is 119 Å². The van der Waals surface area contributed by atoms with Crippen LogP contribution in [0.4, 0.5) is 21.2 Å². The van der Waals surface area contributed by atoms with Crippen molar-refractivity contribution in [2.75, 3.05) is 48.2 Å². The number of halogens is 1. The van der Waals surface area contributed by atoms with Crippen molar-refractivity contribution in [2.45, 2.75) is 87.6 Å². The van der Waals surface area contributed by atoms with Gasteiger partial charge in [0.1, 0.15) is 11.3 Å². The standard InChI is InChI=1S/C47H54FN5O6Si/c1-31-43(60(3,4)48)41(26-42(55)50-28-34-11-9-8-10-33(34)24-37(50)29-54)59-47(31)39-25-38(58-2)18-19-40(39)51(45(47)57)27-32-14-16-35(17-15-32)52-30-53(36-12-6-5-7-13-36)46(44(52)56)20-22-49-23-21-46/h5-19,25,31,37,41,43,49,54H,20-24,26-30H2,1-4H3/t31-,37-,41+,43-,47+/m0/s1. The molecule has 0 radical (unpaired) electrons. The molecular weight excluding hydrogens is 778 g/mol. The summed E-state index contributed by atoms with van der Waals surface area (Å²) in [5.74, 6) is -0.503. The minimum Gasteiger partial charge on any atom is -0.497 e. The van der Waals surface area contributed by atoms with Crippen LogP contribution in [-0.4, -0.2) is 87.3 Å². The van der Waals surface area contributed by atoms with E-state index < -0.39 is 43.2 Å². The summed E-state index contributed by atoms with van der Waals surface area (Å²) in [7, 11) is -2.00. The van der Waals surface area contributed by atoms with E-state index in [0.717, 1.165) is 41.2 Å². The molecule has 13 heteroatoms. The number of nitrogens with one attached hydrogen (secondary N) is 1. The van der Waals surface area contributed by atoms with Gasteiger partial charge in [-0.05, 0) is 105 Å². The predicted molar refractivity (Wildman–Crippen MR) is 231 cm³/mol. The number of methoxy groups -OCH3 is 1. The van der Waals surface area contributed by atoms with Crippen LogP contribution in [-0.2, 0) is 44.2 Å². The van der Waals surface area contributed by atoms with Crippen LogP contribution in [0.25, 0.3) is 0 Å². The van der Waals surface area contributed by atoms with Crippen molar-refractivity contribution in [1.82, 2.24) is 10.2 Å². The Bertz CT molecular complexity index is 2280. The molecule has 11 nitrogen and oxygen atoms in total. The van der Waals surface area contributed by atoms with Crippen LogP contribution in [0.3, 0.4) is 0 Å². The average Bonchev–Trinajstić information content (AvgIpc) is 3.80. The Balaban J connectivity index is 0.999. The van der Waals surface area contributed by atoms with Crippen LogP contribution >= 0.6 is 0 Å². The van der Waals surface area contributed by atoms with Crippen LogP contribution < -0.4 is 24.8 Å². The van der Waals surface area contributed by atoms with E-state index >= 15 is 8.90 Å². The zero-order valence-corrected chi connectivity index (χ0v) is 35.8. The molecule has 5 heterocycles. The van der Waals surface area contributed by atoms with E-state index in [4.69, 9.17) is 9.47 Å². The van der Waals surface area contributed by atoms with E-state index in [0.29, 0.717) is 49.5 Å². The van der Waals surface area contributed by atoms with Crippen molar-refractivity contribution in [3.63, 3.8) is 0 Å². The number of carbonyl (C=O) groups is 3. The monoisotopic (exact) mass is 831 g/mol. The van der Waals surface area contributed by atoms with Crippen LogP contribution in [0.15, 0.2) is 97.1 Å². The molecule has 3 saturated heterocycles. The number of carbonyl (C=O) groups excluding carboxylic acids is 3. The summed E-state index contributed by atoms with van der Waals surface area (Å²) in [5.41, 5.74) is 3.18. The molecule has 0 unspecified atom stereocenters. The van der Waals surface area contributed by atoms with Gasteiger partial charge in [0, 0.05) is 34.9 Å². The topological polar surface area (TPSA) is 115 Å². The second-order valence-corrected chi connectivity index (χ2v) is 21.5. The first-order valence-electron chi connectivity index (χ1n) is 21.2. The third-order valence-corrected chi connectivity index (χ3v) is 16.4. The van der Waals surface area contributed by atoms with Gasteiger partial charge in [-0.3, -0.25) is 19.3 Å². The maximum Gasteiger partial charge on any atom is 0.264 e. The first-order valence-corrected chi connectivity index (χ1v) is 24.1. The molecule has 2 N–H and O–H groups in total. The fraction of sp³-hybridized carbons (Fsp3) is 0.426. The molecule has 60 heavy (non-hydrogen) atoms. The smallest absolute Gasteiger partial charge is 0.264 e. The highest BCUT2D eigenvalue weighted by atomic mass is 28.4. The van der Waals surface area contributed by atoms with E-state index in [2.05, 4.69) is 22.3 Å². The molecule has 0 aliphatic carbocycles. The number of piperidine rings is 1. The lowest BCUT2D eigenvalue weighted by atomic mass is 9.82. The quantitative estimate of drug-likeness (QED) is 0.150. The summed E-state index contributed by atoms with van der Waals surface area (Å²) in [5, 5.41) is 13.8. The van der Waals surface area contributed by atoms with E-state index in [-0.39, 0.29) is 37.3 Å². The van der Waals surface area contributed by atoms with Crippen molar-refractivity contribution in [2.24, 2.45) is 5.92 Å². The first-order chi connectivity index (χ1) is 28.9. The maximum atomic E-state index is 16.7. The van der Waals surface area contributed by atoms with E-state index in [9.17, 15) is 14.7 Å². The summed E-state index contributed by atoms with van der Waals surface area (Å²) >= 11 is 0. The minimum absolute atomic E-state index is 0.0893. The van der Waals surface area contributed by atoms with Gasteiger partial charge in [0.15, 0.2) is 5.60 Å². The zero-order valence-electron chi connectivity index (χ0n) is 34.8. The molecule has 5 aliphatic heterocycles.